The summed E-state index contributed by atoms with van der Waals surface area (Å²) in [7, 11) is -3.59. The molecule has 0 spiro atoms. The van der Waals surface area contributed by atoms with Gasteiger partial charge in [0.05, 0.1) is 23.5 Å². The van der Waals surface area contributed by atoms with E-state index in [-0.39, 0.29) is 17.9 Å². The van der Waals surface area contributed by atoms with Crippen molar-refractivity contribution in [2.45, 2.75) is 17.4 Å². The summed E-state index contributed by atoms with van der Waals surface area (Å²) in [6.07, 6.45) is 2.41. The zero-order chi connectivity index (χ0) is 14.6. The Balaban J connectivity index is 1.95. The van der Waals surface area contributed by atoms with Crippen LogP contribution < -0.4 is 4.72 Å². The maximum absolute atomic E-state index is 12.1. The highest BCUT2D eigenvalue weighted by Gasteiger charge is 2.17. The molecular formula is C13H14BrNO4S. The fraction of sp³-hybridized carbons (Fsp3) is 0.231. The highest BCUT2D eigenvalue weighted by atomic mass is 79.9. The third-order valence-corrected chi connectivity index (χ3v) is 5.24. The van der Waals surface area contributed by atoms with Gasteiger partial charge in [-0.1, -0.05) is 12.1 Å². The van der Waals surface area contributed by atoms with Crippen molar-refractivity contribution in [3.8, 4) is 0 Å². The SMILES string of the molecule is O=S(=O)(NCC[C@@H](O)c1ccoc1)c1ccccc1Br. The van der Waals surface area contributed by atoms with Gasteiger partial charge in [0.25, 0.3) is 0 Å². The van der Waals surface area contributed by atoms with Crippen molar-refractivity contribution in [1.82, 2.24) is 4.72 Å². The molecule has 0 aliphatic carbocycles. The normalized spacial score (nSPS) is 13.3. The third-order valence-electron chi connectivity index (χ3n) is 2.76. The number of halogens is 1. The standard InChI is InChI=1S/C13H14BrNO4S/c14-11-3-1-2-4-13(11)20(17,18)15-7-5-12(16)10-6-8-19-9-10/h1-4,6,8-9,12,15-16H,5,7H2/t12-/m1/s1. The molecule has 1 atom stereocenters. The molecule has 0 unspecified atom stereocenters. The van der Waals surface area contributed by atoms with Crippen LogP contribution in [0.4, 0.5) is 0 Å². The van der Waals surface area contributed by atoms with E-state index >= 15 is 0 Å². The smallest absolute Gasteiger partial charge is 0.241 e. The van der Waals surface area contributed by atoms with Crippen LogP contribution in [0.1, 0.15) is 18.1 Å². The molecule has 0 fully saturated rings. The van der Waals surface area contributed by atoms with Crippen LogP contribution >= 0.6 is 15.9 Å². The molecule has 1 aromatic carbocycles. The third kappa shape index (κ3) is 3.69. The Hall–Kier alpha value is -1.15. The lowest BCUT2D eigenvalue weighted by molar-refractivity contribution is 0.168. The number of rotatable bonds is 6. The van der Waals surface area contributed by atoms with Gasteiger partial charge >= 0.3 is 0 Å². The van der Waals surface area contributed by atoms with Crippen molar-refractivity contribution in [2.24, 2.45) is 0 Å². The minimum absolute atomic E-state index is 0.135. The van der Waals surface area contributed by atoms with E-state index in [4.69, 9.17) is 4.42 Å². The maximum Gasteiger partial charge on any atom is 0.241 e. The number of aliphatic hydroxyl groups is 1. The van der Waals surface area contributed by atoms with Crippen molar-refractivity contribution in [3.05, 3.63) is 52.9 Å². The Bertz CT molecular complexity index is 655. The fourth-order valence-electron chi connectivity index (χ4n) is 1.70. The van der Waals surface area contributed by atoms with E-state index in [1.165, 1.54) is 18.6 Å². The summed E-state index contributed by atoms with van der Waals surface area (Å²) in [5.41, 5.74) is 0.630. The topological polar surface area (TPSA) is 79.5 Å². The first-order chi connectivity index (χ1) is 9.50. The summed E-state index contributed by atoms with van der Waals surface area (Å²) in [6, 6.07) is 8.21. The second kappa shape index (κ2) is 6.53. The lowest BCUT2D eigenvalue weighted by Crippen LogP contribution is -2.26. The molecule has 0 aliphatic rings. The van der Waals surface area contributed by atoms with Crippen LogP contribution in [0, 0.1) is 0 Å². The number of aliphatic hydroxyl groups excluding tert-OH is 1. The first kappa shape index (κ1) is 15.2. The quantitative estimate of drug-likeness (QED) is 0.829. The molecule has 0 radical (unpaired) electrons. The lowest BCUT2D eigenvalue weighted by Gasteiger charge is -2.11. The van der Waals surface area contributed by atoms with Crippen LogP contribution in [-0.4, -0.2) is 20.1 Å². The second-order valence-electron chi connectivity index (χ2n) is 4.19. The Morgan fingerprint density at radius 1 is 1.30 bits per heavy atom. The summed E-state index contributed by atoms with van der Waals surface area (Å²) < 4.78 is 32.0. The van der Waals surface area contributed by atoms with Crippen molar-refractivity contribution in [1.29, 1.82) is 0 Å². The number of hydrogen-bond acceptors (Lipinski definition) is 4. The summed E-state index contributed by atoms with van der Waals surface area (Å²) in [4.78, 5) is 0.179. The van der Waals surface area contributed by atoms with Crippen LogP contribution in [0.3, 0.4) is 0 Å². The number of hydrogen-bond donors (Lipinski definition) is 2. The largest absolute Gasteiger partial charge is 0.472 e. The molecule has 20 heavy (non-hydrogen) atoms. The highest BCUT2D eigenvalue weighted by Crippen LogP contribution is 2.21. The summed E-state index contributed by atoms with van der Waals surface area (Å²) in [5.74, 6) is 0. The van der Waals surface area contributed by atoms with E-state index in [2.05, 4.69) is 20.7 Å². The predicted molar refractivity (Wildman–Crippen MR) is 77.6 cm³/mol. The van der Waals surface area contributed by atoms with Crippen LogP contribution in [0.15, 0.2) is 56.6 Å². The van der Waals surface area contributed by atoms with Crippen LogP contribution in [-0.2, 0) is 10.0 Å². The van der Waals surface area contributed by atoms with Crippen LogP contribution in [0.5, 0.6) is 0 Å². The average Bonchev–Trinajstić information content (AvgIpc) is 2.92. The van der Waals surface area contributed by atoms with Gasteiger partial charge in [0.15, 0.2) is 0 Å². The number of benzene rings is 1. The minimum Gasteiger partial charge on any atom is -0.472 e. The maximum atomic E-state index is 12.1. The Morgan fingerprint density at radius 2 is 2.05 bits per heavy atom. The van der Waals surface area contributed by atoms with Gasteiger partial charge in [-0.2, -0.15) is 0 Å². The van der Waals surface area contributed by atoms with Crippen molar-refractivity contribution in [2.75, 3.05) is 6.54 Å². The Kier molecular flexibility index (Phi) is 4.98. The van der Waals surface area contributed by atoms with Gasteiger partial charge in [0.2, 0.25) is 10.0 Å². The number of nitrogens with one attached hydrogen (secondary N) is 1. The van der Waals surface area contributed by atoms with Crippen molar-refractivity contribution >= 4 is 26.0 Å². The molecule has 0 saturated heterocycles. The van der Waals surface area contributed by atoms with Crippen LogP contribution in [0.2, 0.25) is 0 Å². The van der Waals surface area contributed by atoms with Gasteiger partial charge in [-0.3, -0.25) is 0 Å². The molecule has 1 aromatic heterocycles. The lowest BCUT2D eigenvalue weighted by atomic mass is 10.1. The number of sulfonamides is 1. The first-order valence-corrected chi connectivity index (χ1v) is 8.22. The average molecular weight is 360 g/mol. The summed E-state index contributed by atoms with van der Waals surface area (Å²) in [5, 5.41) is 9.83. The zero-order valence-corrected chi connectivity index (χ0v) is 12.9. The Labute approximate surface area is 125 Å². The highest BCUT2D eigenvalue weighted by molar-refractivity contribution is 9.10. The van der Waals surface area contributed by atoms with E-state index in [9.17, 15) is 13.5 Å². The molecule has 0 aliphatic heterocycles. The number of furan rings is 1. The molecule has 2 rings (SSSR count). The van der Waals surface area contributed by atoms with Gasteiger partial charge in [-0.15, -0.1) is 0 Å². The van der Waals surface area contributed by atoms with E-state index in [1.54, 1.807) is 24.3 Å². The fourth-order valence-corrected chi connectivity index (χ4v) is 3.75. The molecule has 1 heterocycles. The van der Waals surface area contributed by atoms with E-state index < -0.39 is 16.1 Å². The van der Waals surface area contributed by atoms with Gasteiger partial charge in [0.1, 0.15) is 0 Å². The molecular weight excluding hydrogens is 346 g/mol. The predicted octanol–water partition coefficient (Wildman–Crippen LogP) is 2.44. The molecule has 5 nitrogen and oxygen atoms in total. The van der Waals surface area contributed by atoms with Crippen molar-refractivity contribution < 1.29 is 17.9 Å². The van der Waals surface area contributed by atoms with E-state index in [1.807, 2.05) is 0 Å². The molecule has 7 heteroatoms. The van der Waals surface area contributed by atoms with Gasteiger partial charge in [-0.05, 0) is 40.5 Å². The van der Waals surface area contributed by atoms with E-state index in [0.717, 1.165) is 0 Å². The Morgan fingerprint density at radius 3 is 2.70 bits per heavy atom. The molecule has 0 amide bonds. The van der Waals surface area contributed by atoms with Crippen molar-refractivity contribution in [3.63, 3.8) is 0 Å². The molecule has 2 aromatic rings. The minimum atomic E-state index is -3.59. The first-order valence-electron chi connectivity index (χ1n) is 5.95. The molecule has 0 bridgehead atoms. The van der Waals surface area contributed by atoms with E-state index in [0.29, 0.717) is 10.0 Å². The zero-order valence-electron chi connectivity index (χ0n) is 10.5. The summed E-state index contributed by atoms with van der Waals surface area (Å²) >= 11 is 3.20. The molecule has 2 N–H and O–H groups in total. The van der Waals surface area contributed by atoms with Gasteiger partial charge < -0.3 is 9.52 Å². The monoisotopic (exact) mass is 359 g/mol. The molecule has 0 saturated carbocycles. The van der Waals surface area contributed by atoms with Gasteiger partial charge in [-0.25, -0.2) is 13.1 Å². The second-order valence-corrected chi connectivity index (χ2v) is 6.78. The van der Waals surface area contributed by atoms with Crippen LogP contribution in [0.25, 0.3) is 0 Å². The van der Waals surface area contributed by atoms with Gasteiger partial charge in [0, 0.05) is 16.6 Å². The molecule has 108 valence electrons. The summed E-state index contributed by atoms with van der Waals surface area (Å²) in [6.45, 7) is 0.135.